The lowest BCUT2D eigenvalue weighted by Crippen LogP contribution is -2.19. The molecule has 0 amide bonds. The maximum atomic E-state index is 10.8. The minimum Gasteiger partial charge on any atom is -0.507 e. The second-order valence-electron chi connectivity index (χ2n) is 9.42. The monoisotopic (exact) mass is 320 g/mol. The molecule has 1 fully saturated rings. The summed E-state index contributed by atoms with van der Waals surface area (Å²) < 4.78 is 0. The summed E-state index contributed by atoms with van der Waals surface area (Å²) in [6.45, 7) is 15.5. The van der Waals surface area contributed by atoms with Gasteiger partial charge in [0.15, 0.2) is 0 Å². The molecule has 0 aliphatic heterocycles. The first-order valence-electron chi connectivity index (χ1n) is 8.88. The molecule has 0 unspecified atom stereocenters. The Hall–Kier alpha value is -0.980. The molecule has 1 saturated carbocycles. The smallest absolute Gasteiger partial charge is 0.123 e. The lowest BCUT2D eigenvalue weighted by molar-refractivity contribution is 0.346. The molecule has 1 heteroatoms. The summed E-state index contributed by atoms with van der Waals surface area (Å²) in [5, 5.41) is 10.8. The maximum absolute atomic E-state index is 10.8. The van der Waals surface area contributed by atoms with Crippen LogP contribution in [-0.2, 0) is 10.8 Å². The first-order chi connectivity index (χ1) is 10.00. The van der Waals surface area contributed by atoms with Crippen molar-refractivity contribution in [2.45, 2.75) is 98.3 Å². The molecule has 1 aromatic rings. The lowest BCUT2D eigenvalue weighted by Gasteiger charge is -2.32. The van der Waals surface area contributed by atoms with Gasteiger partial charge >= 0.3 is 0 Å². The summed E-state index contributed by atoms with van der Waals surface area (Å²) in [5.41, 5.74) is 3.60. The van der Waals surface area contributed by atoms with Gasteiger partial charge in [-0.2, -0.15) is 0 Å². The van der Waals surface area contributed by atoms with E-state index in [-0.39, 0.29) is 19.7 Å². The average molecular weight is 321 g/mol. The quantitative estimate of drug-likeness (QED) is 0.582. The summed E-state index contributed by atoms with van der Waals surface area (Å²) in [6.07, 6.45) is 5.25. The fraction of sp³-hybridized carbons (Fsp3) is 0.727. The van der Waals surface area contributed by atoms with E-state index >= 15 is 0 Å². The number of hydrogen-bond acceptors (Lipinski definition) is 1. The second-order valence-corrected chi connectivity index (χ2v) is 9.42. The predicted octanol–water partition coefficient (Wildman–Crippen LogP) is 7.16. The Morgan fingerprint density at radius 2 is 1.26 bits per heavy atom. The van der Waals surface area contributed by atoms with Gasteiger partial charge in [0.1, 0.15) is 5.75 Å². The Kier molecular flexibility index (Phi) is 5.99. The third kappa shape index (κ3) is 4.52. The van der Waals surface area contributed by atoms with Crippen LogP contribution in [0.15, 0.2) is 12.1 Å². The van der Waals surface area contributed by atoms with Crippen molar-refractivity contribution in [1.82, 2.24) is 0 Å². The van der Waals surface area contributed by atoms with Crippen molar-refractivity contribution in [3.63, 3.8) is 0 Å². The van der Waals surface area contributed by atoms with Crippen LogP contribution in [0, 0.1) is 5.92 Å². The standard InChI is InChI=1S/C21H34O.CH4.H2/c1-14-8-10-15(11-9-14)16-12-17(20(2,3)4)19(22)18(13-16)21(5,6)7;;/h12-15,22H,8-11H2,1-7H3;1H4;1H. The zero-order valence-corrected chi connectivity index (χ0v) is 15.6. The van der Waals surface area contributed by atoms with Gasteiger partial charge in [-0.25, -0.2) is 0 Å². The van der Waals surface area contributed by atoms with Crippen LogP contribution in [-0.4, -0.2) is 5.11 Å². The normalized spacial score (nSPS) is 22.6. The zero-order valence-electron chi connectivity index (χ0n) is 15.6. The third-order valence-electron chi connectivity index (χ3n) is 5.24. The molecule has 2 rings (SSSR count). The van der Waals surface area contributed by atoms with E-state index in [4.69, 9.17) is 0 Å². The number of rotatable bonds is 1. The van der Waals surface area contributed by atoms with E-state index in [2.05, 4.69) is 60.6 Å². The van der Waals surface area contributed by atoms with Crippen molar-refractivity contribution >= 4 is 0 Å². The highest BCUT2D eigenvalue weighted by molar-refractivity contribution is 5.50. The highest BCUT2D eigenvalue weighted by atomic mass is 16.3. The summed E-state index contributed by atoms with van der Waals surface area (Å²) in [7, 11) is 0. The van der Waals surface area contributed by atoms with Gasteiger partial charge in [0.2, 0.25) is 0 Å². The van der Waals surface area contributed by atoms with Gasteiger partial charge in [0.05, 0.1) is 0 Å². The minimum atomic E-state index is -0.0257. The van der Waals surface area contributed by atoms with E-state index in [1.54, 1.807) is 0 Å². The minimum absolute atomic E-state index is 0. The lowest BCUT2D eigenvalue weighted by atomic mass is 9.74. The highest BCUT2D eigenvalue weighted by Crippen LogP contribution is 2.44. The van der Waals surface area contributed by atoms with Crippen LogP contribution in [0.1, 0.15) is 106 Å². The molecule has 1 aliphatic rings. The van der Waals surface area contributed by atoms with E-state index in [0.717, 1.165) is 17.0 Å². The van der Waals surface area contributed by atoms with Crippen molar-refractivity contribution in [2.24, 2.45) is 5.92 Å². The Labute approximate surface area is 146 Å². The summed E-state index contributed by atoms with van der Waals surface area (Å²) >= 11 is 0. The van der Waals surface area contributed by atoms with Crippen LogP contribution in [0.4, 0.5) is 0 Å². The van der Waals surface area contributed by atoms with Crippen molar-refractivity contribution in [1.29, 1.82) is 0 Å². The van der Waals surface area contributed by atoms with E-state index in [9.17, 15) is 5.11 Å². The molecule has 1 aliphatic carbocycles. The van der Waals surface area contributed by atoms with Crippen molar-refractivity contribution in [3.8, 4) is 5.75 Å². The van der Waals surface area contributed by atoms with E-state index < -0.39 is 0 Å². The zero-order chi connectivity index (χ0) is 16.7. The third-order valence-corrected chi connectivity index (χ3v) is 5.24. The topological polar surface area (TPSA) is 20.2 Å². The predicted molar refractivity (Wildman–Crippen MR) is 105 cm³/mol. The van der Waals surface area contributed by atoms with Gasteiger partial charge in [-0.05, 0) is 52.2 Å². The molecule has 0 radical (unpaired) electrons. The van der Waals surface area contributed by atoms with Gasteiger partial charge in [-0.15, -0.1) is 0 Å². The van der Waals surface area contributed by atoms with Crippen molar-refractivity contribution in [3.05, 3.63) is 28.8 Å². The van der Waals surface area contributed by atoms with Crippen LogP contribution in [0.25, 0.3) is 0 Å². The van der Waals surface area contributed by atoms with Gasteiger partial charge in [0, 0.05) is 1.43 Å². The number of benzene rings is 1. The number of aromatic hydroxyl groups is 1. The van der Waals surface area contributed by atoms with Crippen molar-refractivity contribution < 1.29 is 6.53 Å². The summed E-state index contributed by atoms with van der Waals surface area (Å²) in [4.78, 5) is 0. The number of hydrogen-bond donors (Lipinski definition) is 1. The Morgan fingerprint density at radius 1 is 0.870 bits per heavy atom. The maximum Gasteiger partial charge on any atom is 0.123 e. The van der Waals surface area contributed by atoms with E-state index in [1.165, 1.54) is 31.2 Å². The van der Waals surface area contributed by atoms with Gasteiger partial charge in [0.25, 0.3) is 0 Å². The molecule has 0 heterocycles. The van der Waals surface area contributed by atoms with Crippen molar-refractivity contribution in [2.75, 3.05) is 0 Å². The first-order valence-corrected chi connectivity index (χ1v) is 8.88. The Balaban J connectivity index is 0.00000264. The van der Waals surface area contributed by atoms with Crippen LogP contribution >= 0.6 is 0 Å². The number of phenols is 1. The first kappa shape index (κ1) is 20.1. The SMILES string of the molecule is C.CC1CCC(c2cc(C(C)(C)C)c(O)c(C(C)(C)C)c2)CC1.[HH]. The van der Waals surface area contributed by atoms with Gasteiger partial charge in [-0.1, -0.05) is 80.9 Å². The van der Waals surface area contributed by atoms with Gasteiger partial charge < -0.3 is 5.11 Å². The molecule has 0 saturated heterocycles. The molecule has 0 aromatic heterocycles. The van der Waals surface area contributed by atoms with Crippen LogP contribution in [0.3, 0.4) is 0 Å². The van der Waals surface area contributed by atoms with E-state index in [0.29, 0.717) is 11.7 Å². The number of phenolic OH excluding ortho intramolecular Hbond substituents is 1. The molecular formula is C22H40O. The average Bonchev–Trinajstić information content (AvgIpc) is 2.37. The largest absolute Gasteiger partial charge is 0.507 e. The second kappa shape index (κ2) is 6.87. The molecule has 1 nitrogen and oxygen atoms in total. The van der Waals surface area contributed by atoms with Crippen LogP contribution in [0.5, 0.6) is 5.75 Å². The molecule has 1 N–H and O–H groups in total. The highest BCUT2D eigenvalue weighted by Gasteiger charge is 2.29. The molecule has 134 valence electrons. The molecule has 1 aromatic carbocycles. The van der Waals surface area contributed by atoms with Crippen LogP contribution < -0.4 is 0 Å². The fourth-order valence-corrected chi connectivity index (χ4v) is 3.63. The summed E-state index contributed by atoms with van der Waals surface area (Å²) in [5.74, 6) is 2.05. The molecule has 0 atom stereocenters. The molecule has 23 heavy (non-hydrogen) atoms. The molecule has 0 bridgehead atoms. The Bertz CT molecular complexity index is 491. The summed E-state index contributed by atoms with van der Waals surface area (Å²) in [6, 6.07) is 4.57. The molecular weight excluding hydrogens is 280 g/mol. The fourth-order valence-electron chi connectivity index (χ4n) is 3.63. The molecule has 0 spiro atoms. The van der Waals surface area contributed by atoms with Crippen LogP contribution in [0.2, 0.25) is 0 Å². The van der Waals surface area contributed by atoms with E-state index in [1.807, 2.05) is 0 Å². The Morgan fingerprint density at radius 3 is 1.61 bits per heavy atom. The van der Waals surface area contributed by atoms with Gasteiger partial charge in [-0.3, -0.25) is 0 Å².